The molecule has 1 unspecified atom stereocenters. The molecule has 5 nitrogen and oxygen atoms in total. The van der Waals surface area contributed by atoms with Crippen LogP contribution < -0.4 is 10.5 Å². The lowest BCUT2D eigenvalue weighted by molar-refractivity contribution is 0.278. The van der Waals surface area contributed by atoms with Crippen molar-refractivity contribution >= 4 is 17.6 Å². The molecule has 0 fully saturated rings. The van der Waals surface area contributed by atoms with Crippen LogP contribution in [0.4, 0.5) is 4.39 Å². The van der Waals surface area contributed by atoms with Crippen LogP contribution in [0.15, 0.2) is 65.8 Å². The Hall–Kier alpha value is -3.12. The van der Waals surface area contributed by atoms with Gasteiger partial charge in [-0.1, -0.05) is 35.9 Å². The molecule has 2 heterocycles. The Morgan fingerprint density at radius 2 is 1.96 bits per heavy atom. The van der Waals surface area contributed by atoms with Gasteiger partial charge in [0.1, 0.15) is 12.4 Å². The van der Waals surface area contributed by atoms with E-state index in [0.29, 0.717) is 21.9 Å². The number of amidine groups is 1. The van der Waals surface area contributed by atoms with E-state index in [4.69, 9.17) is 26.8 Å². The highest BCUT2D eigenvalue weighted by molar-refractivity contribution is 6.32. The summed E-state index contributed by atoms with van der Waals surface area (Å²) >= 11 is 6.34. The highest BCUT2D eigenvalue weighted by Crippen LogP contribution is 2.41. The largest absolute Gasteiger partial charge is 0.495 e. The second-order valence-corrected chi connectivity index (χ2v) is 6.78. The molecule has 1 aliphatic rings. The first kappa shape index (κ1) is 18.3. The lowest BCUT2D eigenvalue weighted by Crippen LogP contribution is -2.27. The summed E-state index contributed by atoms with van der Waals surface area (Å²) < 4.78 is 24.9. The van der Waals surface area contributed by atoms with Crippen molar-refractivity contribution in [2.24, 2.45) is 10.7 Å². The van der Waals surface area contributed by atoms with Crippen molar-refractivity contribution in [1.82, 2.24) is 4.98 Å². The third-order valence-electron chi connectivity index (χ3n) is 4.77. The third kappa shape index (κ3) is 3.05. The summed E-state index contributed by atoms with van der Waals surface area (Å²) in [7, 11) is 1.55. The molecular formula is C21H17ClFN3O2. The molecule has 7 heteroatoms. The zero-order valence-corrected chi connectivity index (χ0v) is 15.8. The number of methoxy groups -OCH3 is 1. The molecule has 4 rings (SSSR count). The van der Waals surface area contributed by atoms with Crippen LogP contribution in [0.1, 0.15) is 11.1 Å². The van der Waals surface area contributed by atoms with E-state index in [1.807, 2.05) is 30.3 Å². The van der Waals surface area contributed by atoms with Crippen molar-refractivity contribution in [3.05, 3.63) is 82.9 Å². The van der Waals surface area contributed by atoms with Gasteiger partial charge in [-0.05, 0) is 47.0 Å². The van der Waals surface area contributed by atoms with E-state index in [0.717, 1.165) is 11.1 Å². The summed E-state index contributed by atoms with van der Waals surface area (Å²) in [5, 5.41) is 0.453. The number of pyridine rings is 1. The van der Waals surface area contributed by atoms with Crippen molar-refractivity contribution in [3.8, 4) is 16.9 Å². The van der Waals surface area contributed by atoms with Crippen LogP contribution >= 0.6 is 11.6 Å². The standard InChI is InChI=1S/C21H17ClFN3O2/c1-27-18-8-7-15(11-17(18)22)21(12-28-20(24)26-21)14-5-2-4-13(10-14)16-6-3-9-25-19(16)23/h2-11H,12H2,1H3,(H2,24,26). The predicted molar refractivity (Wildman–Crippen MR) is 106 cm³/mol. The summed E-state index contributed by atoms with van der Waals surface area (Å²) in [5.41, 5.74) is 7.64. The number of aromatic nitrogens is 1. The number of halogens is 2. The fraction of sp³-hybridized carbons (Fsp3) is 0.143. The summed E-state index contributed by atoms with van der Waals surface area (Å²) in [6, 6.07) is 16.3. The van der Waals surface area contributed by atoms with Crippen molar-refractivity contribution in [1.29, 1.82) is 0 Å². The number of rotatable bonds is 4. The van der Waals surface area contributed by atoms with E-state index in [9.17, 15) is 4.39 Å². The lowest BCUT2D eigenvalue weighted by Gasteiger charge is -2.26. The minimum Gasteiger partial charge on any atom is -0.495 e. The fourth-order valence-corrected chi connectivity index (χ4v) is 3.62. The Morgan fingerprint density at radius 1 is 1.14 bits per heavy atom. The third-order valence-corrected chi connectivity index (χ3v) is 5.06. The second-order valence-electron chi connectivity index (χ2n) is 6.37. The van der Waals surface area contributed by atoms with Crippen molar-refractivity contribution in [2.45, 2.75) is 5.54 Å². The smallest absolute Gasteiger partial charge is 0.283 e. The summed E-state index contributed by atoms with van der Waals surface area (Å²) in [4.78, 5) is 8.31. The first-order valence-electron chi connectivity index (χ1n) is 8.57. The molecule has 142 valence electrons. The molecule has 0 aliphatic carbocycles. The monoisotopic (exact) mass is 397 g/mol. The number of hydrogen-bond donors (Lipinski definition) is 1. The number of benzene rings is 2. The number of nitrogens with zero attached hydrogens (tertiary/aromatic N) is 2. The zero-order valence-electron chi connectivity index (χ0n) is 15.0. The van der Waals surface area contributed by atoms with Gasteiger partial charge in [-0.2, -0.15) is 4.39 Å². The summed E-state index contributed by atoms with van der Waals surface area (Å²) in [6.07, 6.45) is 1.42. The van der Waals surface area contributed by atoms with Gasteiger partial charge in [-0.15, -0.1) is 0 Å². The highest BCUT2D eigenvalue weighted by Gasteiger charge is 2.40. The molecular weight excluding hydrogens is 381 g/mol. The maximum Gasteiger partial charge on any atom is 0.283 e. The van der Waals surface area contributed by atoms with Crippen LogP contribution in [0.2, 0.25) is 5.02 Å². The number of aliphatic imine (C=N–C) groups is 1. The molecule has 0 spiro atoms. The summed E-state index contributed by atoms with van der Waals surface area (Å²) in [5.74, 6) is 0.0227. The minimum atomic E-state index is -0.894. The van der Waals surface area contributed by atoms with Gasteiger partial charge in [-0.3, -0.25) is 0 Å². The van der Waals surface area contributed by atoms with E-state index in [1.54, 1.807) is 31.4 Å². The maximum atomic E-state index is 14.2. The quantitative estimate of drug-likeness (QED) is 0.672. The predicted octanol–water partition coefficient (Wildman–Crippen LogP) is 4.14. The molecule has 1 atom stereocenters. The van der Waals surface area contributed by atoms with Gasteiger partial charge in [0.25, 0.3) is 6.02 Å². The Bertz CT molecular complexity index is 1070. The molecule has 2 N–H and O–H groups in total. The number of nitrogens with two attached hydrogens (primary N) is 1. The Kier molecular flexibility index (Phi) is 4.65. The van der Waals surface area contributed by atoms with Gasteiger partial charge in [0, 0.05) is 11.8 Å². The van der Waals surface area contributed by atoms with Crippen LogP contribution in [0, 0.1) is 5.95 Å². The second kappa shape index (κ2) is 7.13. The summed E-state index contributed by atoms with van der Waals surface area (Å²) in [6.45, 7) is 0.209. The van der Waals surface area contributed by atoms with Gasteiger partial charge in [-0.25, -0.2) is 9.98 Å². The average Bonchev–Trinajstić information content (AvgIpc) is 3.11. The van der Waals surface area contributed by atoms with Gasteiger partial charge >= 0.3 is 0 Å². The van der Waals surface area contributed by atoms with Crippen LogP contribution in [-0.4, -0.2) is 24.7 Å². The lowest BCUT2D eigenvalue weighted by atomic mass is 9.83. The van der Waals surface area contributed by atoms with E-state index < -0.39 is 11.5 Å². The SMILES string of the molecule is COc1ccc(C2(c3cccc(-c4cccnc4F)c3)COC(N)=N2)cc1Cl. The van der Waals surface area contributed by atoms with Crippen LogP contribution in [0.25, 0.3) is 11.1 Å². The first-order valence-corrected chi connectivity index (χ1v) is 8.95. The average molecular weight is 398 g/mol. The Morgan fingerprint density at radius 3 is 2.64 bits per heavy atom. The Labute approximate surface area is 166 Å². The molecule has 28 heavy (non-hydrogen) atoms. The fourth-order valence-electron chi connectivity index (χ4n) is 3.36. The molecule has 0 saturated carbocycles. The molecule has 3 aromatic rings. The van der Waals surface area contributed by atoms with Gasteiger partial charge < -0.3 is 15.2 Å². The van der Waals surface area contributed by atoms with E-state index >= 15 is 0 Å². The van der Waals surface area contributed by atoms with Gasteiger partial charge in [0.2, 0.25) is 5.95 Å². The van der Waals surface area contributed by atoms with Crippen molar-refractivity contribution in [2.75, 3.05) is 13.7 Å². The van der Waals surface area contributed by atoms with Crippen LogP contribution in [0.5, 0.6) is 5.75 Å². The molecule has 1 aliphatic heterocycles. The molecule has 1 aromatic heterocycles. The Balaban J connectivity index is 1.87. The molecule has 0 saturated heterocycles. The van der Waals surface area contributed by atoms with Crippen molar-refractivity contribution in [3.63, 3.8) is 0 Å². The van der Waals surface area contributed by atoms with E-state index in [-0.39, 0.29) is 12.6 Å². The molecule has 0 radical (unpaired) electrons. The van der Waals surface area contributed by atoms with Crippen molar-refractivity contribution < 1.29 is 13.9 Å². The number of hydrogen-bond acceptors (Lipinski definition) is 5. The molecule has 0 amide bonds. The van der Waals surface area contributed by atoms with Crippen LogP contribution in [0.3, 0.4) is 0 Å². The normalized spacial score (nSPS) is 18.5. The van der Waals surface area contributed by atoms with Gasteiger partial charge in [0.15, 0.2) is 5.54 Å². The minimum absolute atomic E-state index is 0.0879. The highest BCUT2D eigenvalue weighted by atomic mass is 35.5. The molecule has 2 aromatic carbocycles. The van der Waals surface area contributed by atoms with Gasteiger partial charge in [0.05, 0.1) is 12.1 Å². The first-order chi connectivity index (χ1) is 13.5. The zero-order chi connectivity index (χ0) is 19.7. The molecule has 0 bridgehead atoms. The number of ether oxygens (including phenoxy) is 2. The van der Waals surface area contributed by atoms with Crippen LogP contribution in [-0.2, 0) is 10.3 Å². The maximum absolute atomic E-state index is 14.2. The topological polar surface area (TPSA) is 69.7 Å². The van der Waals surface area contributed by atoms with E-state index in [1.165, 1.54) is 6.20 Å². The van der Waals surface area contributed by atoms with E-state index in [2.05, 4.69) is 9.98 Å².